The van der Waals surface area contributed by atoms with Crippen LogP contribution in [0.1, 0.15) is 55.7 Å². The minimum atomic E-state index is -0.648. The van der Waals surface area contributed by atoms with Gasteiger partial charge in [0.2, 0.25) is 5.91 Å². The third-order valence-electron chi connectivity index (χ3n) is 6.63. The van der Waals surface area contributed by atoms with Crippen molar-refractivity contribution in [2.75, 3.05) is 5.32 Å². The summed E-state index contributed by atoms with van der Waals surface area (Å²) < 4.78 is 3.32. The maximum Gasteiger partial charge on any atom is 0.270 e. The summed E-state index contributed by atoms with van der Waals surface area (Å²) >= 11 is 0. The quantitative estimate of drug-likeness (QED) is 0.555. The van der Waals surface area contributed by atoms with Crippen molar-refractivity contribution in [1.82, 2.24) is 35.1 Å². The lowest BCUT2D eigenvalue weighted by atomic mass is 9.79. The number of carbonyl (C=O) groups is 2. The van der Waals surface area contributed by atoms with Gasteiger partial charge in [0.15, 0.2) is 0 Å². The molecule has 3 aromatic rings. The summed E-state index contributed by atoms with van der Waals surface area (Å²) in [5.41, 5.74) is 3.00. The SMILES string of the molecule is CCn1nccc1C(=O)NC(C(=O)Nc1ccc(-c2c(C)nnn2C)cn1)C1CCC(C)CC1. The van der Waals surface area contributed by atoms with Crippen LogP contribution in [0.25, 0.3) is 11.3 Å². The van der Waals surface area contributed by atoms with Gasteiger partial charge in [-0.15, -0.1) is 5.10 Å². The van der Waals surface area contributed by atoms with E-state index in [9.17, 15) is 9.59 Å². The molecule has 2 amide bonds. The van der Waals surface area contributed by atoms with E-state index in [-0.39, 0.29) is 17.7 Å². The molecule has 3 heterocycles. The zero-order valence-corrected chi connectivity index (χ0v) is 20.2. The molecule has 0 saturated heterocycles. The molecule has 1 fully saturated rings. The Balaban J connectivity index is 1.51. The Morgan fingerprint density at radius 2 is 1.94 bits per heavy atom. The zero-order chi connectivity index (χ0) is 24.2. The van der Waals surface area contributed by atoms with E-state index in [1.165, 1.54) is 0 Å². The van der Waals surface area contributed by atoms with Crippen molar-refractivity contribution < 1.29 is 9.59 Å². The minimum absolute atomic E-state index is 0.0700. The summed E-state index contributed by atoms with van der Waals surface area (Å²) in [6, 6.07) is 4.66. The number of amides is 2. The number of aryl methyl sites for hydroxylation is 3. The van der Waals surface area contributed by atoms with Crippen LogP contribution in [-0.4, -0.2) is 47.6 Å². The van der Waals surface area contributed by atoms with Crippen molar-refractivity contribution in [3.8, 4) is 11.3 Å². The Morgan fingerprint density at radius 1 is 1.18 bits per heavy atom. The summed E-state index contributed by atoms with van der Waals surface area (Å²) in [7, 11) is 1.83. The second kappa shape index (κ2) is 10.1. The molecule has 1 aliphatic carbocycles. The molecule has 2 N–H and O–H groups in total. The molecule has 0 bridgehead atoms. The second-order valence-corrected chi connectivity index (χ2v) is 9.07. The number of nitrogens with zero attached hydrogens (tertiary/aromatic N) is 6. The topological polar surface area (TPSA) is 120 Å². The molecule has 0 spiro atoms. The van der Waals surface area contributed by atoms with Gasteiger partial charge in [-0.25, -0.2) is 9.67 Å². The van der Waals surface area contributed by atoms with Crippen LogP contribution in [0.3, 0.4) is 0 Å². The van der Waals surface area contributed by atoms with Gasteiger partial charge in [-0.3, -0.25) is 14.3 Å². The third-order valence-corrected chi connectivity index (χ3v) is 6.63. The van der Waals surface area contributed by atoms with Crippen LogP contribution in [0.5, 0.6) is 0 Å². The van der Waals surface area contributed by atoms with E-state index in [0.29, 0.717) is 24.0 Å². The molecule has 1 unspecified atom stereocenters. The van der Waals surface area contributed by atoms with Crippen molar-refractivity contribution in [3.63, 3.8) is 0 Å². The molecule has 1 atom stereocenters. The van der Waals surface area contributed by atoms with Crippen molar-refractivity contribution in [2.45, 2.75) is 59.0 Å². The molecule has 10 heteroatoms. The molecule has 0 radical (unpaired) electrons. The van der Waals surface area contributed by atoms with Crippen LogP contribution < -0.4 is 10.6 Å². The first-order valence-electron chi connectivity index (χ1n) is 11.8. The summed E-state index contributed by atoms with van der Waals surface area (Å²) in [5.74, 6) is 0.593. The Kier molecular flexibility index (Phi) is 7.04. The molecular formula is C24H32N8O2. The summed E-state index contributed by atoms with van der Waals surface area (Å²) in [6.07, 6.45) is 7.17. The normalized spacial score (nSPS) is 18.9. The number of aromatic nitrogens is 6. The number of anilines is 1. The average molecular weight is 465 g/mol. The first kappa shape index (κ1) is 23.6. The summed E-state index contributed by atoms with van der Waals surface area (Å²) in [4.78, 5) is 30.8. The number of hydrogen-bond acceptors (Lipinski definition) is 6. The van der Waals surface area contributed by atoms with Gasteiger partial charge in [0.05, 0.1) is 11.4 Å². The molecule has 34 heavy (non-hydrogen) atoms. The Labute approximate surface area is 199 Å². The number of carbonyl (C=O) groups excluding carboxylic acids is 2. The van der Waals surface area contributed by atoms with Gasteiger partial charge >= 0.3 is 0 Å². The van der Waals surface area contributed by atoms with Crippen molar-refractivity contribution in [1.29, 1.82) is 0 Å². The molecule has 180 valence electrons. The minimum Gasteiger partial charge on any atom is -0.339 e. The predicted octanol–water partition coefficient (Wildman–Crippen LogP) is 2.97. The van der Waals surface area contributed by atoms with Crippen LogP contribution in [0.2, 0.25) is 0 Å². The maximum atomic E-state index is 13.4. The molecular weight excluding hydrogens is 432 g/mol. The number of rotatable bonds is 7. The lowest BCUT2D eigenvalue weighted by molar-refractivity contribution is -0.119. The Bertz CT molecular complexity index is 1120. The van der Waals surface area contributed by atoms with E-state index in [1.807, 2.05) is 27.0 Å². The lowest BCUT2D eigenvalue weighted by Crippen LogP contribution is -2.49. The largest absolute Gasteiger partial charge is 0.339 e. The highest BCUT2D eigenvalue weighted by atomic mass is 16.2. The van der Waals surface area contributed by atoms with Crippen molar-refractivity contribution in [3.05, 3.63) is 42.0 Å². The van der Waals surface area contributed by atoms with E-state index < -0.39 is 6.04 Å². The highest BCUT2D eigenvalue weighted by Crippen LogP contribution is 2.31. The Morgan fingerprint density at radius 3 is 2.56 bits per heavy atom. The standard InChI is InChI=1S/C24H32N8O2/c1-5-32-19(12-13-26-32)23(33)28-21(17-8-6-15(2)7-9-17)24(34)27-20-11-10-18(14-25-20)22-16(3)29-30-31(22)4/h10-15,17,21H,5-9H2,1-4H3,(H,28,33)(H,25,27,34). The van der Waals surface area contributed by atoms with Crippen molar-refractivity contribution >= 4 is 17.6 Å². The fraction of sp³-hybridized carbons (Fsp3) is 0.500. The third kappa shape index (κ3) is 5.00. The molecule has 3 aromatic heterocycles. The van der Waals surface area contributed by atoms with E-state index in [4.69, 9.17) is 0 Å². The van der Waals surface area contributed by atoms with E-state index in [0.717, 1.165) is 42.6 Å². The van der Waals surface area contributed by atoms with Crippen molar-refractivity contribution in [2.24, 2.45) is 18.9 Å². The Hall–Kier alpha value is -3.56. The average Bonchev–Trinajstić information content (AvgIpc) is 3.45. The van der Waals surface area contributed by atoms with Gasteiger partial charge in [0, 0.05) is 31.5 Å². The zero-order valence-electron chi connectivity index (χ0n) is 20.2. The lowest BCUT2D eigenvalue weighted by Gasteiger charge is -2.32. The highest BCUT2D eigenvalue weighted by molar-refractivity contribution is 6.00. The summed E-state index contributed by atoms with van der Waals surface area (Å²) in [6.45, 7) is 6.62. The predicted molar refractivity (Wildman–Crippen MR) is 128 cm³/mol. The van der Waals surface area contributed by atoms with Crippen LogP contribution in [-0.2, 0) is 18.4 Å². The van der Waals surface area contributed by atoms with Crippen LogP contribution in [0.4, 0.5) is 5.82 Å². The van der Waals surface area contributed by atoms with Gasteiger partial charge in [-0.2, -0.15) is 5.10 Å². The van der Waals surface area contributed by atoms with Gasteiger partial charge in [0.1, 0.15) is 17.6 Å². The molecule has 1 saturated carbocycles. The molecule has 0 aliphatic heterocycles. The van der Waals surface area contributed by atoms with Crippen LogP contribution in [0, 0.1) is 18.8 Å². The number of pyridine rings is 1. The fourth-order valence-corrected chi connectivity index (χ4v) is 4.68. The fourth-order valence-electron chi connectivity index (χ4n) is 4.68. The van der Waals surface area contributed by atoms with Crippen LogP contribution in [0.15, 0.2) is 30.6 Å². The van der Waals surface area contributed by atoms with E-state index in [1.54, 1.807) is 33.9 Å². The van der Waals surface area contributed by atoms with Gasteiger partial charge < -0.3 is 10.6 Å². The molecule has 0 aromatic carbocycles. The second-order valence-electron chi connectivity index (χ2n) is 9.07. The first-order valence-corrected chi connectivity index (χ1v) is 11.8. The molecule has 10 nitrogen and oxygen atoms in total. The molecule has 1 aliphatic rings. The smallest absolute Gasteiger partial charge is 0.270 e. The van der Waals surface area contributed by atoms with Gasteiger partial charge in [0.25, 0.3) is 5.91 Å². The summed E-state index contributed by atoms with van der Waals surface area (Å²) in [5, 5.41) is 18.2. The van der Waals surface area contributed by atoms with E-state index in [2.05, 4.69) is 38.0 Å². The monoisotopic (exact) mass is 464 g/mol. The van der Waals surface area contributed by atoms with Gasteiger partial charge in [-0.05, 0) is 56.7 Å². The number of nitrogens with one attached hydrogen (secondary N) is 2. The van der Waals surface area contributed by atoms with E-state index >= 15 is 0 Å². The number of hydrogen-bond donors (Lipinski definition) is 2. The maximum absolute atomic E-state index is 13.4. The van der Waals surface area contributed by atoms with Crippen LogP contribution >= 0.6 is 0 Å². The van der Waals surface area contributed by atoms with Gasteiger partial charge in [-0.1, -0.05) is 25.0 Å². The highest BCUT2D eigenvalue weighted by Gasteiger charge is 2.33. The first-order chi connectivity index (χ1) is 16.4. The molecule has 4 rings (SSSR count).